The fraction of sp³-hybridized carbons (Fsp3) is 0.600. The minimum Gasteiger partial charge on any atom is -0.376 e. The van der Waals surface area contributed by atoms with Crippen molar-refractivity contribution in [3.05, 3.63) is 29.3 Å². The van der Waals surface area contributed by atoms with E-state index in [-0.39, 0.29) is 0 Å². The number of nitrogens with two attached hydrogens (primary N) is 1. The maximum absolute atomic E-state index is 5.83. The lowest BCUT2D eigenvalue weighted by molar-refractivity contribution is 0.0216. The fourth-order valence-electron chi connectivity index (χ4n) is 2.78. The van der Waals surface area contributed by atoms with Crippen LogP contribution in [0.3, 0.4) is 0 Å². The van der Waals surface area contributed by atoms with E-state index in [9.17, 15) is 0 Å². The Balaban J connectivity index is 2.09. The van der Waals surface area contributed by atoms with E-state index in [0.717, 1.165) is 13.2 Å². The highest BCUT2D eigenvalue weighted by molar-refractivity contribution is 5.59. The quantitative estimate of drug-likeness (QED) is 0.889. The van der Waals surface area contributed by atoms with Gasteiger partial charge in [-0.05, 0) is 37.3 Å². The molecule has 0 saturated carbocycles. The first-order valence-electron chi connectivity index (χ1n) is 6.83. The van der Waals surface area contributed by atoms with Crippen LogP contribution < -0.4 is 10.6 Å². The Kier molecular flexibility index (Phi) is 4.61. The number of anilines is 1. The van der Waals surface area contributed by atoms with Gasteiger partial charge in [0, 0.05) is 32.4 Å². The zero-order valence-corrected chi connectivity index (χ0v) is 11.5. The summed E-state index contributed by atoms with van der Waals surface area (Å²) in [7, 11) is 2.14. The molecule has 0 radical (unpaired) electrons. The number of para-hydroxylation sites is 1. The van der Waals surface area contributed by atoms with Gasteiger partial charge in [0.25, 0.3) is 0 Å². The summed E-state index contributed by atoms with van der Waals surface area (Å²) >= 11 is 0. The molecule has 0 bridgehead atoms. The lowest BCUT2D eigenvalue weighted by atomic mass is 10.0. The van der Waals surface area contributed by atoms with Crippen LogP contribution in [0.2, 0.25) is 0 Å². The number of ether oxygens (including phenoxy) is 1. The van der Waals surface area contributed by atoms with Crippen molar-refractivity contribution in [3.63, 3.8) is 0 Å². The third-order valence-corrected chi connectivity index (χ3v) is 3.67. The lowest BCUT2D eigenvalue weighted by Crippen LogP contribution is -2.34. The van der Waals surface area contributed by atoms with Crippen molar-refractivity contribution in [3.8, 4) is 0 Å². The molecule has 1 atom stereocenters. The van der Waals surface area contributed by atoms with E-state index in [0.29, 0.717) is 12.6 Å². The first kappa shape index (κ1) is 13.4. The van der Waals surface area contributed by atoms with E-state index >= 15 is 0 Å². The summed E-state index contributed by atoms with van der Waals surface area (Å²) in [6.07, 6.45) is 4.04. The molecule has 100 valence electrons. The Morgan fingerprint density at radius 3 is 2.89 bits per heavy atom. The molecule has 1 saturated heterocycles. The molecule has 18 heavy (non-hydrogen) atoms. The van der Waals surface area contributed by atoms with Crippen molar-refractivity contribution in [1.82, 2.24) is 0 Å². The van der Waals surface area contributed by atoms with E-state index in [1.165, 1.54) is 36.1 Å². The van der Waals surface area contributed by atoms with Crippen LogP contribution in [0.4, 0.5) is 5.69 Å². The summed E-state index contributed by atoms with van der Waals surface area (Å²) in [5.74, 6) is 0. The minimum absolute atomic E-state index is 0.369. The first-order chi connectivity index (χ1) is 8.72. The van der Waals surface area contributed by atoms with Crippen molar-refractivity contribution >= 4 is 5.69 Å². The summed E-state index contributed by atoms with van der Waals surface area (Å²) in [5, 5.41) is 0. The van der Waals surface area contributed by atoms with E-state index in [4.69, 9.17) is 10.5 Å². The molecule has 0 aliphatic carbocycles. The Morgan fingerprint density at radius 1 is 1.39 bits per heavy atom. The summed E-state index contributed by atoms with van der Waals surface area (Å²) in [5.41, 5.74) is 9.61. The molecule has 2 rings (SSSR count). The summed E-state index contributed by atoms with van der Waals surface area (Å²) in [6, 6.07) is 6.33. The van der Waals surface area contributed by atoms with Crippen LogP contribution in [-0.4, -0.2) is 26.3 Å². The van der Waals surface area contributed by atoms with Gasteiger partial charge in [-0.25, -0.2) is 0 Å². The Bertz CT molecular complexity index is 386. The number of hydrogen-bond donors (Lipinski definition) is 1. The number of hydrogen-bond acceptors (Lipinski definition) is 3. The van der Waals surface area contributed by atoms with Gasteiger partial charge in [0.2, 0.25) is 0 Å². The molecule has 3 heteroatoms. The second-order valence-electron chi connectivity index (χ2n) is 5.16. The van der Waals surface area contributed by atoms with Gasteiger partial charge >= 0.3 is 0 Å². The molecule has 1 fully saturated rings. The van der Waals surface area contributed by atoms with Gasteiger partial charge in [0.05, 0.1) is 6.10 Å². The largest absolute Gasteiger partial charge is 0.376 e. The van der Waals surface area contributed by atoms with Crippen LogP contribution in [0.15, 0.2) is 18.2 Å². The Labute approximate surface area is 110 Å². The molecule has 1 aromatic carbocycles. The zero-order chi connectivity index (χ0) is 13.0. The molecule has 0 amide bonds. The smallest absolute Gasteiger partial charge is 0.0749 e. The summed E-state index contributed by atoms with van der Waals surface area (Å²) in [6.45, 7) is 4.60. The van der Waals surface area contributed by atoms with Crippen LogP contribution >= 0.6 is 0 Å². The zero-order valence-electron chi connectivity index (χ0n) is 11.5. The van der Waals surface area contributed by atoms with Crippen molar-refractivity contribution < 1.29 is 4.74 Å². The number of aryl methyl sites for hydroxylation is 1. The SMILES string of the molecule is Cc1cccc(CN)c1N(C)CC1CCCCO1. The molecule has 2 N–H and O–H groups in total. The normalized spacial score (nSPS) is 19.8. The minimum atomic E-state index is 0.369. The molecule has 3 nitrogen and oxygen atoms in total. The molecule has 1 aliphatic rings. The van der Waals surface area contributed by atoms with Crippen LogP contribution in [0.1, 0.15) is 30.4 Å². The summed E-state index contributed by atoms with van der Waals surface area (Å²) in [4.78, 5) is 2.30. The van der Waals surface area contributed by atoms with Crippen LogP contribution in [0, 0.1) is 6.92 Å². The predicted molar refractivity (Wildman–Crippen MR) is 75.9 cm³/mol. The highest BCUT2D eigenvalue weighted by Crippen LogP contribution is 2.25. The van der Waals surface area contributed by atoms with Crippen LogP contribution in [0.25, 0.3) is 0 Å². The molecule has 1 heterocycles. The number of likely N-dealkylation sites (N-methyl/N-ethyl adjacent to an activating group) is 1. The van der Waals surface area contributed by atoms with E-state index in [1.807, 2.05) is 0 Å². The second-order valence-corrected chi connectivity index (χ2v) is 5.16. The number of benzene rings is 1. The molecular formula is C15H24N2O. The average molecular weight is 248 g/mol. The lowest BCUT2D eigenvalue weighted by Gasteiger charge is -2.30. The maximum atomic E-state index is 5.83. The van der Waals surface area contributed by atoms with Crippen molar-refractivity contribution in [1.29, 1.82) is 0 Å². The van der Waals surface area contributed by atoms with Gasteiger partial charge in [-0.3, -0.25) is 0 Å². The van der Waals surface area contributed by atoms with Gasteiger partial charge in [0.15, 0.2) is 0 Å². The fourth-order valence-corrected chi connectivity index (χ4v) is 2.78. The molecule has 0 spiro atoms. The van der Waals surface area contributed by atoms with E-state index in [2.05, 4.69) is 37.1 Å². The van der Waals surface area contributed by atoms with Gasteiger partial charge in [-0.1, -0.05) is 18.2 Å². The Morgan fingerprint density at radius 2 is 2.22 bits per heavy atom. The van der Waals surface area contributed by atoms with Crippen molar-refractivity contribution in [2.24, 2.45) is 5.73 Å². The van der Waals surface area contributed by atoms with Crippen molar-refractivity contribution in [2.75, 3.05) is 25.1 Å². The second kappa shape index (κ2) is 6.21. The van der Waals surface area contributed by atoms with E-state index < -0.39 is 0 Å². The monoisotopic (exact) mass is 248 g/mol. The van der Waals surface area contributed by atoms with Gasteiger partial charge in [-0.2, -0.15) is 0 Å². The predicted octanol–water partition coefficient (Wildman–Crippen LogP) is 2.46. The topological polar surface area (TPSA) is 38.5 Å². The first-order valence-corrected chi connectivity index (χ1v) is 6.83. The average Bonchev–Trinajstić information content (AvgIpc) is 2.39. The van der Waals surface area contributed by atoms with E-state index in [1.54, 1.807) is 0 Å². The molecule has 1 aliphatic heterocycles. The van der Waals surface area contributed by atoms with Gasteiger partial charge in [-0.15, -0.1) is 0 Å². The molecule has 1 unspecified atom stereocenters. The molecule has 1 aromatic rings. The standard InChI is InChI=1S/C15H24N2O/c1-12-6-5-7-13(10-16)15(12)17(2)11-14-8-3-4-9-18-14/h5-7,14H,3-4,8-11,16H2,1-2H3. The number of rotatable bonds is 4. The maximum Gasteiger partial charge on any atom is 0.0749 e. The third kappa shape index (κ3) is 3.03. The number of nitrogens with zero attached hydrogens (tertiary/aromatic N) is 1. The Hall–Kier alpha value is -1.06. The summed E-state index contributed by atoms with van der Waals surface area (Å²) < 4.78 is 5.81. The third-order valence-electron chi connectivity index (χ3n) is 3.67. The molecular weight excluding hydrogens is 224 g/mol. The van der Waals surface area contributed by atoms with Crippen molar-refractivity contribution in [2.45, 2.75) is 38.8 Å². The van der Waals surface area contributed by atoms with Gasteiger partial charge in [0.1, 0.15) is 0 Å². The van der Waals surface area contributed by atoms with Gasteiger partial charge < -0.3 is 15.4 Å². The highest BCUT2D eigenvalue weighted by atomic mass is 16.5. The van der Waals surface area contributed by atoms with Crippen LogP contribution in [-0.2, 0) is 11.3 Å². The molecule has 0 aromatic heterocycles. The van der Waals surface area contributed by atoms with Crippen LogP contribution in [0.5, 0.6) is 0 Å². The highest BCUT2D eigenvalue weighted by Gasteiger charge is 2.18.